The average molecular weight is 412 g/mol. The van der Waals surface area contributed by atoms with Crippen molar-refractivity contribution in [3.63, 3.8) is 0 Å². The van der Waals surface area contributed by atoms with E-state index in [2.05, 4.69) is 5.32 Å². The number of carbonyl (C=O) groups excluding carboxylic acids is 4. The van der Waals surface area contributed by atoms with Gasteiger partial charge in [-0.15, -0.1) is 11.3 Å². The standard InChI is InChI=1S/C21H20N2O5S/c1-13-8-9-17(29-13)16(24)12-28-18(25)11-23-19(26)21(22-20(23)27)10-4-6-14-5-2-3-7-15(14)21/h2-3,5,7-9H,4,6,10-12H2,1H3,(H,22,27)/t21-/m0/s1. The van der Waals surface area contributed by atoms with Crippen molar-refractivity contribution in [1.29, 1.82) is 0 Å². The van der Waals surface area contributed by atoms with Crippen LogP contribution in [0.4, 0.5) is 4.79 Å². The highest BCUT2D eigenvalue weighted by Gasteiger charge is 2.54. The van der Waals surface area contributed by atoms with Gasteiger partial charge in [0.05, 0.1) is 4.88 Å². The predicted molar refractivity (Wildman–Crippen MR) is 106 cm³/mol. The molecule has 1 N–H and O–H groups in total. The number of esters is 1. The molecule has 0 radical (unpaired) electrons. The van der Waals surface area contributed by atoms with Crippen molar-refractivity contribution >= 4 is 35.0 Å². The number of rotatable bonds is 5. The van der Waals surface area contributed by atoms with E-state index in [-0.39, 0.29) is 5.78 Å². The van der Waals surface area contributed by atoms with E-state index in [1.54, 1.807) is 6.07 Å². The number of urea groups is 1. The molecule has 1 aliphatic carbocycles. The summed E-state index contributed by atoms with van der Waals surface area (Å²) >= 11 is 1.32. The Morgan fingerprint density at radius 1 is 1.21 bits per heavy atom. The minimum absolute atomic E-state index is 0.314. The highest BCUT2D eigenvalue weighted by Crippen LogP contribution is 2.39. The number of nitrogens with zero attached hydrogens (tertiary/aromatic N) is 1. The van der Waals surface area contributed by atoms with E-state index in [0.29, 0.717) is 11.3 Å². The SMILES string of the molecule is Cc1ccc(C(=O)COC(=O)CN2C(=O)N[C@]3(CCCc4ccccc43)C2=O)s1. The molecule has 0 saturated carbocycles. The Morgan fingerprint density at radius 2 is 2.00 bits per heavy atom. The van der Waals surface area contributed by atoms with Gasteiger partial charge in [-0.2, -0.15) is 0 Å². The number of benzene rings is 1. The van der Waals surface area contributed by atoms with E-state index >= 15 is 0 Å². The van der Waals surface area contributed by atoms with E-state index in [0.717, 1.165) is 33.7 Å². The van der Waals surface area contributed by atoms with Crippen LogP contribution in [0.2, 0.25) is 0 Å². The molecule has 1 aliphatic heterocycles. The largest absolute Gasteiger partial charge is 0.456 e. The Kier molecular flexibility index (Phi) is 4.96. The number of carbonyl (C=O) groups is 4. The molecule has 1 atom stereocenters. The van der Waals surface area contributed by atoms with Gasteiger partial charge in [0.15, 0.2) is 6.61 Å². The molecular formula is C21H20N2O5S. The predicted octanol–water partition coefficient (Wildman–Crippen LogP) is 2.57. The van der Waals surface area contributed by atoms with Gasteiger partial charge >= 0.3 is 12.0 Å². The number of Topliss-reactive ketones (excluding diaryl/α,β-unsaturated/α-hetero) is 1. The summed E-state index contributed by atoms with van der Waals surface area (Å²) in [6, 6.07) is 10.4. The Labute approximate surface area is 171 Å². The molecule has 1 aromatic carbocycles. The molecule has 8 heteroatoms. The highest BCUT2D eigenvalue weighted by atomic mass is 32.1. The van der Waals surface area contributed by atoms with Gasteiger partial charge < -0.3 is 10.1 Å². The molecular weight excluding hydrogens is 392 g/mol. The van der Waals surface area contributed by atoms with Crippen molar-refractivity contribution in [2.45, 2.75) is 31.7 Å². The number of fused-ring (bicyclic) bond motifs is 2. The van der Waals surface area contributed by atoms with E-state index in [4.69, 9.17) is 4.74 Å². The smallest absolute Gasteiger partial charge is 0.326 e. The van der Waals surface area contributed by atoms with Gasteiger partial charge in [-0.1, -0.05) is 24.3 Å². The molecule has 0 unspecified atom stereocenters. The Hall–Kier alpha value is -3.00. The van der Waals surface area contributed by atoms with Crippen LogP contribution in [0, 0.1) is 6.92 Å². The maximum absolute atomic E-state index is 13.1. The first-order valence-corrected chi connectivity index (χ1v) is 10.2. The number of nitrogens with one attached hydrogen (secondary N) is 1. The summed E-state index contributed by atoms with van der Waals surface area (Å²) in [4.78, 5) is 52.3. The zero-order valence-electron chi connectivity index (χ0n) is 15.9. The van der Waals surface area contributed by atoms with Gasteiger partial charge in [-0.25, -0.2) is 4.79 Å². The van der Waals surface area contributed by atoms with E-state index in [1.165, 1.54) is 11.3 Å². The number of amides is 3. The molecule has 150 valence electrons. The van der Waals surface area contributed by atoms with Crippen molar-refractivity contribution in [2.75, 3.05) is 13.2 Å². The van der Waals surface area contributed by atoms with E-state index in [9.17, 15) is 19.2 Å². The lowest BCUT2D eigenvalue weighted by molar-refractivity contribution is -0.147. The fourth-order valence-corrected chi connectivity index (χ4v) is 4.72. The first-order valence-electron chi connectivity index (χ1n) is 9.38. The third kappa shape index (κ3) is 3.44. The number of hydrogen-bond acceptors (Lipinski definition) is 6. The number of thiophene rings is 1. The fraction of sp³-hybridized carbons (Fsp3) is 0.333. The van der Waals surface area contributed by atoms with Crippen LogP contribution >= 0.6 is 11.3 Å². The molecule has 4 rings (SSSR count). The van der Waals surface area contributed by atoms with Crippen LogP contribution < -0.4 is 5.32 Å². The summed E-state index contributed by atoms with van der Waals surface area (Å²) in [5, 5.41) is 2.79. The lowest BCUT2D eigenvalue weighted by Crippen LogP contribution is -2.46. The minimum atomic E-state index is -1.13. The van der Waals surface area contributed by atoms with E-state index in [1.807, 2.05) is 37.3 Å². The Morgan fingerprint density at radius 3 is 2.76 bits per heavy atom. The van der Waals surface area contributed by atoms with Gasteiger partial charge in [0.1, 0.15) is 12.1 Å². The first kappa shape index (κ1) is 19.3. The molecule has 2 heterocycles. The maximum atomic E-state index is 13.1. The topological polar surface area (TPSA) is 92.8 Å². The highest BCUT2D eigenvalue weighted by molar-refractivity contribution is 7.14. The molecule has 2 aromatic rings. The van der Waals surface area contributed by atoms with Gasteiger partial charge in [0.25, 0.3) is 5.91 Å². The molecule has 1 spiro atoms. The van der Waals surface area contributed by atoms with Crippen LogP contribution in [0.1, 0.15) is 38.5 Å². The van der Waals surface area contributed by atoms with Crippen LogP contribution in [-0.2, 0) is 26.3 Å². The summed E-state index contributed by atoms with van der Waals surface area (Å²) in [6.07, 6.45) is 2.08. The summed E-state index contributed by atoms with van der Waals surface area (Å²) in [7, 11) is 0. The average Bonchev–Trinajstić information content (AvgIpc) is 3.24. The van der Waals surface area contributed by atoms with Crippen molar-refractivity contribution in [1.82, 2.24) is 10.2 Å². The maximum Gasteiger partial charge on any atom is 0.326 e. The van der Waals surface area contributed by atoms with Crippen LogP contribution in [0.25, 0.3) is 0 Å². The normalized spacial score (nSPS) is 20.5. The lowest BCUT2D eigenvalue weighted by atomic mass is 9.76. The third-order valence-electron chi connectivity index (χ3n) is 5.32. The quantitative estimate of drug-likeness (QED) is 0.463. The second-order valence-electron chi connectivity index (χ2n) is 7.23. The number of imide groups is 1. The molecule has 1 aromatic heterocycles. The second-order valence-corrected chi connectivity index (χ2v) is 8.52. The van der Waals surface area contributed by atoms with Crippen LogP contribution in [0.5, 0.6) is 0 Å². The number of hydrogen-bond donors (Lipinski definition) is 1. The van der Waals surface area contributed by atoms with Crippen LogP contribution in [0.3, 0.4) is 0 Å². The van der Waals surface area contributed by atoms with Crippen molar-refractivity contribution < 1.29 is 23.9 Å². The molecule has 2 aliphatic rings. The third-order valence-corrected chi connectivity index (χ3v) is 6.36. The zero-order chi connectivity index (χ0) is 20.6. The fourth-order valence-electron chi connectivity index (χ4n) is 3.93. The monoisotopic (exact) mass is 412 g/mol. The minimum Gasteiger partial charge on any atom is -0.456 e. The number of aryl methyl sites for hydroxylation is 2. The van der Waals surface area contributed by atoms with Gasteiger partial charge in [0, 0.05) is 4.88 Å². The van der Waals surface area contributed by atoms with Crippen molar-refractivity contribution in [3.05, 3.63) is 57.3 Å². The first-order chi connectivity index (χ1) is 13.9. The zero-order valence-corrected chi connectivity index (χ0v) is 16.7. The summed E-state index contributed by atoms with van der Waals surface area (Å²) in [5.74, 6) is -1.56. The van der Waals surface area contributed by atoms with Gasteiger partial charge in [-0.3, -0.25) is 19.3 Å². The molecule has 1 fully saturated rings. The van der Waals surface area contributed by atoms with Crippen molar-refractivity contribution in [2.24, 2.45) is 0 Å². The summed E-state index contributed by atoms with van der Waals surface area (Å²) < 4.78 is 5.02. The summed E-state index contributed by atoms with van der Waals surface area (Å²) in [6.45, 7) is 0.937. The summed E-state index contributed by atoms with van der Waals surface area (Å²) in [5.41, 5.74) is 0.675. The second kappa shape index (κ2) is 7.44. The van der Waals surface area contributed by atoms with Crippen LogP contribution in [-0.4, -0.2) is 41.7 Å². The van der Waals surface area contributed by atoms with E-state index < -0.39 is 36.6 Å². The van der Waals surface area contributed by atoms with Crippen molar-refractivity contribution in [3.8, 4) is 0 Å². The van der Waals surface area contributed by atoms with Gasteiger partial charge in [-0.05, 0) is 49.4 Å². The number of ketones is 1. The molecule has 29 heavy (non-hydrogen) atoms. The Bertz CT molecular complexity index is 1010. The number of ether oxygens (including phenoxy) is 1. The lowest BCUT2D eigenvalue weighted by Gasteiger charge is -2.33. The molecule has 3 amide bonds. The van der Waals surface area contributed by atoms with Crippen LogP contribution in [0.15, 0.2) is 36.4 Å². The van der Waals surface area contributed by atoms with Gasteiger partial charge in [0.2, 0.25) is 5.78 Å². The molecule has 0 bridgehead atoms. The molecule has 7 nitrogen and oxygen atoms in total. The molecule has 1 saturated heterocycles. The Balaban J connectivity index is 1.44.